The number of benzene rings is 8. The molecule has 2 nitrogen and oxygen atoms in total. The summed E-state index contributed by atoms with van der Waals surface area (Å²) in [7, 11) is 0. The Kier molecular flexibility index (Phi) is 8.41. The summed E-state index contributed by atoms with van der Waals surface area (Å²) in [6.07, 6.45) is 0.983. The van der Waals surface area contributed by atoms with Gasteiger partial charge in [0, 0.05) is 41.1 Å². The Hall–Kier alpha value is -6.64. The number of hydrogen-bond donors (Lipinski definition) is 0. The Morgan fingerprint density at radius 1 is 0.446 bits per heavy atom. The van der Waals surface area contributed by atoms with Crippen LogP contribution in [-0.4, -0.2) is 6.54 Å². The monoisotopic (exact) mass is 720 g/mol. The molecule has 0 saturated heterocycles. The molecule has 2 aliphatic rings. The Bertz CT molecular complexity index is 2580. The van der Waals surface area contributed by atoms with E-state index in [1.165, 1.54) is 78.1 Å². The first-order valence-electron chi connectivity index (χ1n) is 19.8. The highest BCUT2D eigenvalue weighted by Gasteiger charge is 2.37. The van der Waals surface area contributed by atoms with E-state index in [0.29, 0.717) is 0 Å². The highest BCUT2D eigenvalue weighted by atomic mass is 15.1. The van der Waals surface area contributed by atoms with Gasteiger partial charge in [-0.25, -0.2) is 0 Å². The number of hydrogen-bond acceptors (Lipinski definition) is 2. The molecule has 1 aliphatic carbocycles. The Labute approximate surface area is 331 Å². The van der Waals surface area contributed by atoms with Crippen LogP contribution in [0.4, 0.5) is 22.7 Å². The first-order chi connectivity index (χ1) is 27.5. The predicted octanol–water partition coefficient (Wildman–Crippen LogP) is 14.0. The van der Waals surface area contributed by atoms with Crippen molar-refractivity contribution in [3.63, 3.8) is 0 Å². The Morgan fingerprint density at radius 3 is 1.61 bits per heavy atom. The topological polar surface area (TPSA) is 6.48 Å². The minimum atomic E-state index is -0.147. The molecular weight excluding hydrogens is 677 g/mol. The van der Waals surface area contributed by atoms with Gasteiger partial charge >= 0.3 is 0 Å². The van der Waals surface area contributed by atoms with Crippen LogP contribution in [0.25, 0.3) is 44.5 Å². The van der Waals surface area contributed by atoms with Gasteiger partial charge in [0.05, 0.1) is 5.69 Å². The summed E-state index contributed by atoms with van der Waals surface area (Å²) >= 11 is 0. The molecule has 0 N–H and O–H groups in total. The van der Waals surface area contributed by atoms with E-state index in [1.54, 1.807) is 0 Å². The lowest BCUT2D eigenvalue weighted by atomic mass is 9.81. The average Bonchev–Trinajstić information content (AvgIpc) is 3.49. The molecule has 0 radical (unpaired) electrons. The summed E-state index contributed by atoms with van der Waals surface area (Å²) in [6.45, 7) is 6.65. The number of para-hydroxylation sites is 1. The van der Waals surface area contributed by atoms with Crippen LogP contribution in [-0.2, 0) is 18.4 Å². The summed E-state index contributed by atoms with van der Waals surface area (Å²) in [4.78, 5) is 5.01. The maximum atomic E-state index is 2.52. The van der Waals surface area contributed by atoms with Crippen molar-refractivity contribution in [2.24, 2.45) is 0 Å². The molecule has 1 aliphatic heterocycles. The second-order valence-electron chi connectivity index (χ2n) is 15.7. The molecule has 1 heterocycles. The second-order valence-corrected chi connectivity index (χ2v) is 15.7. The predicted molar refractivity (Wildman–Crippen MR) is 236 cm³/mol. The highest BCUT2D eigenvalue weighted by Crippen LogP contribution is 2.54. The lowest BCUT2D eigenvalue weighted by molar-refractivity contribution is 0.660. The van der Waals surface area contributed by atoms with E-state index in [2.05, 4.69) is 218 Å². The van der Waals surface area contributed by atoms with Crippen LogP contribution >= 0.6 is 0 Å². The van der Waals surface area contributed by atoms with Gasteiger partial charge in [-0.3, -0.25) is 0 Å². The molecule has 8 aromatic carbocycles. The van der Waals surface area contributed by atoms with E-state index in [-0.39, 0.29) is 5.41 Å². The standard InChI is InChI=1S/C54H44N2/c1-54(2)51-24-13-12-22-48(51)49-35-50(47-23-14-19-42-37-55(34-33-46(42)47)43-20-10-5-11-21-43)53(36-52(49)54)56(44-29-25-40(26-30-44)38-15-6-3-7-16-38)45-31-27-41(28-32-45)39-17-8-4-9-18-39/h3-32,35-36H,33-34,37H2,1-2H3. The zero-order valence-electron chi connectivity index (χ0n) is 32.0. The molecule has 0 unspecified atom stereocenters. The molecule has 0 aromatic heterocycles. The van der Waals surface area contributed by atoms with Crippen LogP contribution < -0.4 is 9.80 Å². The van der Waals surface area contributed by atoms with E-state index < -0.39 is 0 Å². The van der Waals surface area contributed by atoms with Crippen LogP contribution in [0.15, 0.2) is 194 Å². The largest absolute Gasteiger partial charge is 0.367 e. The second kappa shape index (κ2) is 13.9. The van der Waals surface area contributed by atoms with Crippen LogP contribution in [0.5, 0.6) is 0 Å². The highest BCUT2D eigenvalue weighted by molar-refractivity contribution is 5.96. The van der Waals surface area contributed by atoms with Gasteiger partial charge in [0.1, 0.15) is 0 Å². The first kappa shape index (κ1) is 33.9. The van der Waals surface area contributed by atoms with E-state index in [0.717, 1.165) is 30.9 Å². The normalized spacial score (nSPS) is 13.8. The molecule has 10 rings (SSSR count). The first-order valence-corrected chi connectivity index (χ1v) is 19.8. The van der Waals surface area contributed by atoms with Gasteiger partial charge in [0.25, 0.3) is 0 Å². The number of fused-ring (bicyclic) bond motifs is 4. The molecule has 0 atom stereocenters. The van der Waals surface area contributed by atoms with Gasteiger partial charge in [-0.2, -0.15) is 0 Å². The van der Waals surface area contributed by atoms with Crippen molar-refractivity contribution in [2.45, 2.75) is 32.2 Å². The molecule has 270 valence electrons. The van der Waals surface area contributed by atoms with Crippen molar-refractivity contribution in [1.29, 1.82) is 0 Å². The molecule has 0 fully saturated rings. The lowest BCUT2D eigenvalue weighted by Crippen LogP contribution is -2.30. The number of nitrogens with zero attached hydrogens (tertiary/aromatic N) is 2. The maximum absolute atomic E-state index is 2.52. The van der Waals surface area contributed by atoms with Crippen molar-refractivity contribution < 1.29 is 0 Å². The van der Waals surface area contributed by atoms with Gasteiger partial charge in [-0.05, 0) is 116 Å². The van der Waals surface area contributed by atoms with Crippen LogP contribution in [0, 0.1) is 0 Å². The van der Waals surface area contributed by atoms with E-state index in [9.17, 15) is 0 Å². The Morgan fingerprint density at radius 2 is 0.982 bits per heavy atom. The molecule has 0 saturated carbocycles. The van der Waals surface area contributed by atoms with Crippen LogP contribution in [0.3, 0.4) is 0 Å². The summed E-state index contributed by atoms with van der Waals surface area (Å²) in [6, 6.07) is 71.5. The molecule has 0 amide bonds. The average molecular weight is 721 g/mol. The third kappa shape index (κ3) is 5.90. The molecule has 2 heteroatoms. The SMILES string of the molecule is CC1(C)c2ccccc2-c2cc(-c3cccc4c3CCN(c3ccccc3)C4)c(N(c3ccc(-c4ccccc4)cc3)c3ccc(-c4ccccc4)cc3)cc21. The summed E-state index contributed by atoms with van der Waals surface area (Å²) in [5.74, 6) is 0. The molecule has 0 bridgehead atoms. The molecule has 0 spiro atoms. The third-order valence-corrected chi connectivity index (χ3v) is 12.1. The smallest absolute Gasteiger partial charge is 0.0543 e. The van der Waals surface area contributed by atoms with Crippen molar-refractivity contribution in [2.75, 3.05) is 16.3 Å². The van der Waals surface area contributed by atoms with E-state index in [4.69, 9.17) is 0 Å². The van der Waals surface area contributed by atoms with E-state index >= 15 is 0 Å². The summed E-state index contributed by atoms with van der Waals surface area (Å²) in [5.41, 5.74) is 20.3. The maximum Gasteiger partial charge on any atom is 0.0543 e. The van der Waals surface area contributed by atoms with Crippen LogP contribution in [0.1, 0.15) is 36.1 Å². The fourth-order valence-electron chi connectivity index (χ4n) is 9.15. The minimum Gasteiger partial charge on any atom is -0.367 e. The summed E-state index contributed by atoms with van der Waals surface area (Å²) in [5, 5.41) is 0. The fourth-order valence-corrected chi connectivity index (χ4v) is 9.15. The van der Waals surface area contributed by atoms with Crippen molar-refractivity contribution >= 4 is 22.7 Å². The third-order valence-electron chi connectivity index (χ3n) is 12.1. The van der Waals surface area contributed by atoms with Gasteiger partial charge in [-0.15, -0.1) is 0 Å². The molecular formula is C54H44N2. The summed E-state index contributed by atoms with van der Waals surface area (Å²) < 4.78 is 0. The van der Waals surface area contributed by atoms with Gasteiger partial charge < -0.3 is 9.80 Å². The van der Waals surface area contributed by atoms with E-state index in [1.807, 2.05) is 0 Å². The minimum absolute atomic E-state index is 0.147. The Balaban J connectivity index is 1.19. The van der Waals surface area contributed by atoms with Gasteiger partial charge in [0.15, 0.2) is 0 Å². The van der Waals surface area contributed by atoms with Crippen molar-refractivity contribution in [1.82, 2.24) is 0 Å². The van der Waals surface area contributed by atoms with Crippen LogP contribution in [0.2, 0.25) is 0 Å². The number of anilines is 4. The lowest BCUT2D eigenvalue weighted by Gasteiger charge is -2.34. The zero-order valence-corrected chi connectivity index (χ0v) is 32.0. The fraction of sp³-hybridized carbons (Fsp3) is 0.111. The van der Waals surface area contributed by atoms with Crippen molar-refractivity contribution in [3.05, 3.63) is 216 Å². The molecule has 56 heavy (non-hydrogen) atoms. The zero-order chi connectivity index (χ0) is 37.6. The van der Waals surface area contributed by atoms with Gasteiger partial charge in [-0.1, -0.05) is 159 Å². The van der Waals surface area contributed by atoms with Gasteiger partial charge in [0.2, 0.25) is 0 Å². The van der Waals surface area contributed by atoms with Crippen molar-refractivity contribution in [3.8, 4) is 44.5 Å². The molecule has 8 aromatic rings. The quantitative estimate of drug-likeness (QED) is 0.162. The number of rotatable bonds is 7.